The molecule has 0 aliphatic heterocycles. The number of carbonyl (C=O) groups is 2. The number of anilines is 1. The number of rotatable bonds is 4. The zero-order chi connectivity index (χ0) is 14.5. The summed E-state index contributed by atoms with van der Waals surface area (Å²) in [6.07, 6.45) is -0.853. The fourth-order valence-electron chi connectivity index (χ4n) is 1.44. The number of halogens is 1. The van der Waals surface area contributed by atoms with Gasteiger partial charge in [0.05, 0.1) is 0 Å². The SMILES string of the molecule is CC(OC(=O)c1cccs1)C(=O)Nc1ccc(Br)cc1. The first kappa shape index (κ1) is 14.7. The highest BCUT2D eigenvalue weighted by Crippen LogP contribution is 2.15. The second-order valence-corrected chi connectivity index (χ2v) is 5.88. The highest BCUT2D eigenvalue weighted by Gasteiger charge is 2.19. The Kier molecular flexibility index (Phi) is 4.92. The maximum Gasteiger partial charge on any atom is 0.349 e. The topological polar surface area (TPSA) is 55.4 Å². The van der Waals surface area contributed by atoms with Gasteiger partial charge in [-0.3, -0.25) is 4.79 Å². The zero-order valence-electron chi connectivity index (χ0n) is 10.6. The summed E-state index contributed by atoms with van der Waals surface area (Å²) in [5, 5.41) is 4.47. The number of ether oxygens (including phenoxy) is 1. The van der Waals surface area contributed by atoms with Crippen LogP contribution in [0.4, 0.5) is 5.69 Å². The Hall–Kier alpha value is -1.66. The van der Waals surface area contributed by atoms with E-state index in [9.17, 15) is 9.59 Å². The lowest BCUT2D eigenvalue weighted by atomic mass is 10.3. The monoisotopic (exact) mass is 353 g/mol. The van der Waals surface area contributed by atoms with Gasteiger partial charge in [-0.25, -0.2) is 4.79 Å². The van der Waals surface area contributed by atoms with Gasteiger partial charge in [-0.15, -0.1) is 11.3 Å². The Bertz CT molecular complexity index is 595. The molecule has 0 aliphatic rings. The summed E-state index contributed by atoms with van der Waals surface area (Å²) in [6, 6.07) is 10.6. The number of hydrogen-bond donors (Lipinski definition) is 1. The van der Waals surface area contributed by atoms with Gasteiger partial charge in [-0.2, -0.15) is 0 Å². The number of carbonyl (C=O) groups excluding carboxylic acids is 2. The highest BCUT2D eigenvalue weighted by atomic mass is 79.9. The molecule has 1 aromatic carbocycles. The van der Waals surface area contributed by atoms with Crippen LogP contribution in [-0.2, 0) is 9.53 Å². The summed E-state index contributed by atoms with van der Waals surface area (Å²) in [4.78, 5) is 24.1. The zero-order valence-corrected chi connectivity index (χ0v) is 13.0. The molecule has 1 heterocycles. The van der Waals surface area contributed by atoms with E-state index in [0.29, 0.717) is 10.6 Å². The van der Waals surface area contributed by atoms with Crippen LogP contribution in [0.5, 0.6) is 0 Å². The van der Waals surface area contributed by atoms with Crippen molar-refractivity contribution in [3.8, 4) is 0 Å². The molecule has 1 unspecified atom stereocenters. The summed E-state index contributed by atoms with van der Waals surface area (Å²) in [5.74, 6) is -0.851. The Morgan fingerprint density at radius 1 is 1.25 bits per heavy atom. The van der Waals surface area contributed by atoms with E-state index in [1.165, 1.54) is 11.3 Å². The molecule has 0 fully saturated rings. The molecule has 0 spiro atoms. The van der Waals surface area contributed by atoms with Crippen LogP contribution in [0.2, 0.25) is 0 Å². The molecule has 0 bridgehead atoms. The van der Waals surface area contributed by atoms with Gasteiger partial charge in [0, 0.05) is 10.2 Å². The predicted molar refractivity (Wildman–Crippen MR) is 82.0 cm³/mol. The number of benzene rings is 1. The Morgan fingerprint density at radius 2 is 1.95 bits per heavy atom. The van der Waals surface area contributed by atoms with Gasteiger partial charge >= 0.3 is 5.97 Å². The average Bonchev–Trinajstić information content (AvgIpc) is 2.95. The number of hydrogen-bond acceptors (Lipinski definition) is 4. The van der Waals surface area contributed by atoms with E-state index in [0.717, 1.165) is 4.47 Å². The molecule has 0 radical (unpaired) electrons. The summed E-state index contributed by atoms with van der Waals surface area (Å²) >= 11 is 4.59. The van der Waals surface area contributed by atoms with Crippen molar-refractivity contribution < 1.29 is 14.3 Å². The van der Waals surface area contributed by atoms with E-state index < -0.39 is 12.1 Å². The third-order valence-corrected chi connectivity index (χ3v) is 3.87. The van der Waals surface area contributed by atoms with Gasteiger partial charge < -0.3 is 10.1 Å². The number of nitrogens with one attached hydrogen (secondary N) is 1. The summed E-state index contributed by atoms with van der Waals surface area (Å²) in [7, 11) is 0. The summed E-state index contributed by atoms with van der Waals surface area (Å²) < 4.78 is 6.03. The van der Waals surface area contributed by atoms with Crippen LogP contribution in [0, 0.1) is 0 Å². The normalized spacial score (nSPS) is 11.7. The minimum absolute atomic E-state index is 0.364. The van der Waals surface area contributed by atoms with Gasteiger partial charge in [0.15, 0.2) is 6.10 Å². The van der Waals surface area contributed by atoms with Crippen LogP contribution in [0.1, 0.15) is 16.6 Å². The number of thiophene rings is 1. The molecule has 0 aliphatic carbocycles. The van der Waals surface area contributed by atoms with Crippen LogP contribution in [0.15, 0.2) is 46.3 Å². The maximum absolute atomic E-state index is 11.9. The Morgan fingerprint density at radius 3 is 2.55 bits per heavy atom. The van der Waals surface area contributed by atoms with E-state index in [1.54, 1.807) is 36.6 Å². The minimum atomic E-state index is -0.853. The van der Waals surface area contributed by atoms with Crippen molar-refractivity contribution >= 4 is 44.8 Å². The van der Waals surface area contributed by atoms with E-state index in [4.69, 9.17) is 4.74 Å². The molecule has 104 valence electrons. The second-order valence-electron chi connectivity index (χ2n) is 4.02. The van der Waals surface area contributed by atoms with Crippen molar-refractivity contribution in [1.82, 2.24) is 0 Å². The third kappa shape index (κ3) is 3.91. The van der Waals surface area contributed by atoms with Crippen molar-refractivity contribution in [3.05, 3.63) is 51.1 Å². The lowest BCUT2D eigenvalue weighted by Crippen LogP contribution is -2.29. The van der Waals surface area contributed by atoms with Gasteiger partial charge in [-0.05, 0) is 42.6 Å². The fourth-order valence-corrected chi connectivity index (χ4v) is 2.31. The van der Waals surface area contributed by atoms with E-state index >= 15 is 0 Å². The molecule has 1 amide bonds. The van der Waals surface area contributed by atoms with Crippen molar-refractivity contribution in [1.29, 1.82) is 0 Å². The van der Waals surface area contributed by atoms with Crippen LogP contribution in [0.25, 0.3) is 0 Å². The van der Waals surface area contributed by atoms with Crippen LogP contribution >= 0.6 is 27.3 Å². The van der Waals surface area contributed by atoms with Crippen molar-refractivity contribution in [2.24, 2.45) is 0 Å². The highest BCUT2D eigenvalue weighted by molar-refractivity contribution is 9.10. The van der Waals surface area contributed by atoms with E-state index in [1.807, 2.05) is 12.1 Å². The van der Waals surface area contributed by atoms with E-state index in [-0.39, 0.29) is 5.91 Å². The summed E-state index contributed by atoms with van der Waals surface area (Å²) in [5.41, 5.74) is 0.650. The first-order valence-electron chi connectivity index (χ1n) is 5.87. The molecule has 2 aromatic rings. The van der Waals surface area contributed by atoms with Gasteiger partial charge in [0.25, 0.3) is 5.91 Å². The van der Waals surface area contributed by atoms with E-state index in [2.05, 4.69) is 21.2 Å². The molecule has 0 saturated heterocycles. The lowest BCUT2D eigenvalue weighted by Gasteiger charge is -2.13. The van der Waals surface area contributed by atoms with Crippen molar-refractivity contribution in [3.63, 3.8) is 0 Å². The van der Waals surface area contributed by atoms with Crippen LogP contribution in [-0.4, -0.2) is 18.0 Å². The number of amides is 1. The van der Waals surface area contributed by atoms with Crippen LogP contribution in [0.3, 0.4) is 0 Å². The average molecular weight is 354 g/mol. The van der Waals surface area contributed by atoms with Crippen LogP contribution < -0.4 is 5.32 Å². The fraction of sp³-hybridized carbons (Fsp3) is 0.143. The lowest BCUT2D eigenvalue weighted by molar-refractivity contribution is -0.123. The molecule has 2 rings (SSSR count). The predicted octanol–water partition coefficient (Wildman–Crippen LogP) is 3.69. The second kappa shape index (κ2) is 6.67. The molecule has 1 atom stereocenters. The van der Waals surface area contributed by atoms with Crippen molar-refractivity contribution in [2.75, 3.05) is 5.32 Å². The minimum Gasteiger partial charge on any atom is -0.448 e. The van der Waals surface area contributed by atoms with Gasteiger partial charge in [0.2, 0.25) is 0 Å². The quantitative estimate of drug-likeness (QED) is 0.852. The van der Waals surface area contributed by atoms with Gasteiger partial charge in [-0.1, -0.05) is 22.0 Å². The molecule has 1 N–H and O–H groups in total. The molecule has 20 heavy (non-hydrogen) atoms. The first-order valence-corrected chi connectivity index (χ1v) is 7.54. The molecule has 0 saturated carbocycles. The molecule has 6 heteroatoms. The third-order valence-electron chi connectivity index (χ3n) is 2.49. The molecule has 1 aromatic heterocycles. The standard InChI is InChI=1S/C14H12BrNO3S/c1-9(19-14(18)12-3-2-8-20-12)13(17)16-11-6-4-10(15)5-7-11/h2-9H,1H3,(H,16,17). The maximum atomic E-state index is 11.9. The molecule has 4 nitrogen and oxygen atoms in total. The molecular weight excluding hydrogens is 342 g/mol. The van der Waals surface area contributed by atoms with Gasteiger partial charge in [0.1, 0.15) is 4.88 Å². The first-order chi connectivity index (χ1) is 9.56. The molecular formula is C14H12BrNO3S. The largest absolute Gasteiger partial charge is 0.448 e. The number of esters is 1. The Labute approximate surface area is 128 Å². The van der Waals surface area contributed by atoms with Crippen molar-refractivity contribution in [2.45, 2.75) is 13.0 Å². The smallest absolute Gasteiger partial charge is 0.349 e. The summed E-state index contributed by atoms with van der Waals surface area (Å²) in [6.45, 7) is 1.54. The Balaban J connectivity index is 1.92.